The summed E-state index contributed by atoms with van der Waals surface area (Å²) >= 11 is 1.07. The van der Waals surface area contributed by atoms with Crippen LogP contribution in [0.15, 0.2) is 40.5 Å². The van der Waals surface area contributed by atoms with E-state index < -0.39 is 15.7 Å². The van der Waals surface area contributed by atoms with Crippen molar-refractivity contribution in [2.45, 2.75) is 49.5 Å². The number of likely N-dealkylation sites (tertiary alicyclic amines) is 1. The van der Waals surface area contributed by atoms with Gasteiger partial charge in [-0.15, -0.1) is 0 Å². The maximum atomic E-state index is 13.2. The maximum Gasteiger partial charge on any atom is 0.280 e. The molecule has 1 saturated carbocycles. The highest BCUT2D eigenvalue weighted by Gasteiger charge is 2.26. The highest BCUT2D eigenvalue weighted by atomic mass is 32.2. The van der Waals surface area contributed by atoms with Crippen LogP contribution in [0.25, 0.3) is 0 Å². The molecular weight excluding hydrogens is 504 g/mol. The number of thiazole rings is 1. The number of aliphatic hydroxyl groups is 1. The summed E-state index contributed by atoms with van der Waals surface area (Å²) in [5, 5.41) is 16.4. The van der Waals surface area contributed by atoms with Crippen molar-refractivity contribution < 1.29 is 28.0 Å². The Morgan fingerprint density at radius 2 is 1.83 bits per heavy atom. The Bertz CT molecular complexity index is 1210. The topological polar surface area (TPSA) is 138 Å². The quantitative estimate of drug-likeness (QED) is 0.392. The summed E-state index contributed by atoms with van der Waals surface area (Å²) in [6, 6.07) is 5.87. The maximum absolute atomic E-state index is 13.2. The minimum absolute atomic E-state index is 0.00361. The number of nitrogens with zero attached hydrogens (tertiary/aromatic N) is 3. The van der Waals surface area contributed by atoms with Crippen LogP contribution in [-0.4, -0.2) is 73.0 Å². The van der Waals surface area contributed by atoms with Gasteiger partial charge < -0.3 is 14.8 Å². The van der Waals surface area contributed by atoms with E-state index in [2.05, 4.69) is 15.5 Å². The highest BCUT2D eigenvalue weighted by molar-refractivity contribution is 7.90. The van der Waals surface area contributed by atoms with E-state index in [4.69, 9.17) is 4.84 Å². The number of rotatable bonds is 8. The summed E-state index contributed by atoms with van der Waals surface area (Å²) in [5.41, 5.74) is 0.397. The van der Waals surface area contributed by atoms with Crippen molar-refractivity contribution in [3.63, 3.8) is 0 Å². The van der Waals surface area contributed by atoms with E-state index in [9.17, 15) is 23.1 Å². The number of aromatic nitrogens is 1. The number of oxime groups is 1. The first-order chi connectivity index (χ1) is 17.2. The van der Waals surface area contributed by atoms with Gasteiger partial charge in [0.05, 0.1) is 11.1 Å². The normalized spacial score (nSPS) is 17.8. The first-order valence-electron chi connectivity index (χ1n) is 12.0. The number of amides is 2. The third-order valence-electron chi connectivity index (χ3n) is 6.46. The third-order valence-corrected chi connectivity index (χ3v) is 8.49. The number of benzene rings is 1. The molecule has 10 nitrogen and oxygen atoms in total. The van der Waals surface area contributed by atoms with Crippen molar-refractivity contribution in [2.75, 3.05) is 31.3 Å². The molecule has 1 saturated heterocycles. The number of nitrogens with one attached hydrogen (secondary N) is 1. The summed E-state index contributed by atoms with van der Waals surface area (Å²) < 4.78 is 23.6. The van der Waals surface area contributed by atoms with Gasteiger partial charge in [-0.1, -0.05) is 28.6 Å². The number of sulfone groups is 1. The fourth-order valence-electron chi connectivity index (χ4n) is 4.27. The molecule has 2 aliphatic rings. The summed E-state index contributed by atoms with van der Waals surface area (Å²) in [7, 11) is -3.39. The molecule has 0 unspecified atom stereocenters. The summed E-state index contributed by atoms with van der Waals surface area (Å²) in [6.45, 7) is 1.27. The number of anilines is 1. The lowest BCUT2D eigenvalue weighted by Gasteiger charge is -2.30. The number of hydrogen-bond donors (Lipinski definition) is 2. The largest absolute Gasteiger partial charge is 0.396 e. The molecule has 1 aliphatic carbocycles. The van der Waals surface area contributed by atoms with E-state index in [1.54, 1.807) is 4.90 Å². The Balaban J connectivity index is 1.48. The predicted octanol–water partition coefficient (Wildman–Crippen LogP) is 2.69. The molecule has 36 heavy (non-hydrogen) atoms. The van der Waals surface area contributed by atoms with Crippen molar-refractivity contribution >= 4 is 43.8 Å². The molecule has 12 heteroatoms. The second kappa shape index (κ2) is 11.5. The zero-order valence-corrected chi connectivity index (χ0v) is 21.7. The molecule has 0 bridgehead atoms. The monoisotopic (exact) mass is 534 g/mol. The Hall–Kier alpha value is -2.83. The van der Waals surface area contributed by atoms with Crippen LogP contribution < -0.4 is 5.32 Å². The zero-order valence-electron chi connectivity index (χ0n) is 20.1. The first-order valence-corrected chi connectivity index (χ1v) is 14.7. The zero-order chi connectivity index (χ0) is 25.7. The van der Waals surface area contributed by atoms with E-state index in [0.29, 0.717) is 23.5 Å². The minimum atomic E-state index is -3.39. The molecule has 2 fully saturated rings. The van der Waals surface area contributed by atoms with E-state index in [-0.39, 0.29) is 40.3 Å². The van der Waals surface area contributed by atoms with Crippen LogP contribution in [0.4, 0.5) is 5.13 Å². The Morgan fingerprint density at radius 3 is 2.44 bits per heavy atom. The molecule has 1 aromatic carbocycles. The summed E-state index contributed by atoms with van der Waals surface area (Å²) in [5.74, 6) is -0.502. The number of carbonyl (C=O) groups excluding carboxylic acids is 2. The van der Waals surface area contributed by atoms with E-state index >= 15 is 0 Å². The Kier molecular flexibility index (Phi) is 8.37. The Labute approximate surface area is 214 Å². The van der Waals surface area contributed by atoms with Crippen LogP contribution in [0.1, 0.15) is 53.8 Å². The Morgan fingerprint density at radius 1 is 1.17 bits per heavy atom. The van der Waals surface area contributed by atoms with Crippen molar-refractivity contribution in [1.82, 2.24) is 9.88 Å². The van der Waals surface area contributed by atoms with E-state index in [0.717, 1.165) is 56.1 Å². The van der Waals surface area contributed by atoms with Crippen molar-refractivity contribution in [2.24, 2.45) is 11.1 Å². The smallest absolute Gasteiger partial charge is 0.280 e. The van der Waals surface area contributed by atoms with Gasteiger partial charge in [0.15, 0.2) is 20.7 Å². The average Bonchev–Trinajstić information content (AvgIpc) is 3.56. The minimum Gasteiger partial charge on any atom is -0.396 e. The van der Waals surface area contributed by atoms with Crippen LogP contribution >= 0.6 is 11.3 Å². The SMILES string of the molecule is CS(=O)(=O)c1ccc(C(=NOC2CCCC2)C(=O)Nc2ncc(C(=O)N3CCC(CO)CC3)s2)cc1. The van der Waals surface area contributed by atoms with Gasteiger partial charge in [0, 0.05) is 31.5 Å². The molecule has 0 atom stereocenters. The lowest BCUT2D eigenvalue weighted by atomic mass is 9.98. The lowest BCUT2D eigenvalue weighted by molar-refractivity contribution is -0.110. The van der Waals surface area contributed by atoms with Gasteiger partial charge in [-0.25, -0.2) is 13.4 Å². The average molecular weight is 535 g/mol. The van der Waals surface area contributed by atoms with Gasteiger partial charge in [-0.3, -0.25) is 14.9 Å². The van der Waals surface area contributed by atoms with Gasteiger partial charge in [-0.05, 0) is 56.6 Å². The first kappa shape index (κ1) is 26.2. The summed E-state index contributed by atoms with van der Waals surface area (Å²) in [4.78, 5) is 38.1. The van der Waals surface area contributed by atoms with Crippen LogP contribution in [0.3, 0.4) is 0 Å². The van der Waals surface area contributed by atoms with Gasteiger partial charge >= 0.3 is 0 Å². The standard InChI is InChI=1S/C24H30N4O6S2/c1-36(32,33)19-8-6-17(7-9-19)21(27-34-18-4-2-3-5-18)22(30)26-24-25-14-20(35-24)23(31)28-12-10-16(15-29)11-13-28/h6-9,14,16,18,29H,2-5,10-13,15H2,1H3,(H,25,26,30). The van der Waals surface area contributed by atoms with Gasteiger partial charge in [-0.2, -0.15) is 0 Å². The molecular formula is C24H30N4O6S2. The number of carbonyl (C=O) groups is 2. The molecule has 194 valence electrons. The molecule has 2 amide bonds. The van der Waals surface area contributed by atoms with Crippen molar-refractivity contribution in [3.05, 3.63) is 40.9 Å². The number of hydrogen-bond acceptors (Lipinski definition) is 9. The third kappa shape index (κ3) is 6.48. The second-order valence-electron chi connectivity index (χ2n) is 9.15. The van der Waals surface area contributed by atoms with Gasteiger partial charge in [0.1, 0.15) is 11.0 Å². The van der Waals surface area contributed by atoms with Crippen LogP contribution in [0.2, 0.25) is 0 Å². The van der Waals surface area contributed by atoms with Gasteiger partial charge in [0.25, 0.3) is 11.8 Å². The second-order valence-corrected chi connectivity index (χ2v) is 12.2. The lowest BCUT2D eigenvalue weighted by Crippen LogP contribution is -2.38. The van der Waals surface area contributed by atoms with E-state index in [1.165, 1.54) is 30.5 Å². The molecule has 2 aromatic rings. The molecule has 1 aliphatic heterocycles. The number of piperidine rings is 1. The molecule has 2 N–H and O–H groups in total. The van der Waals surface area contributed by atoms with Gasteiger partial charge in [0.2, 0.25) is 0 Å². The molecule has 0 spiro atoms. The van der Waals surface area contributed by atoms with E-state index in [1.807, 2.05) is 0 Å². The van der Waals surface area contributed by atoms with Crippen molar-refractivity contribution in [1.29, 1.82) is 0 Å². The molecule has 1 aromatic heterocycles. The highest BCUT2D eigenvalue weighted by Crippen LogP contribution is 2.25. The van der Waals surface area contributed by atoms with Crippen LogP contribution in [0, 0.1) is 5.92 Å². The van der Waals surface area contributed by atoms with Crippen molar-refractivity contribution in [3.8, 4) is 0 Å². The van der Waals surface area contributed by atoms with Crippen LogP contribution in [-0.2, 0) is 19.5 Å². The fraction of sp³-hybridized carbons (Fsp3) is 0.500. The molecule has 4 rings (SSSR count). The summed E-state index contributed by atoms with van der Waals surface area (Å²) in [6.07, 6.45) is 7.79. The predicted molar refractivity (Wildman–Crippen MR) is 136 cm³/mol. The fourth-order valence-corrected chi connectivity index (χ4v) is 5.68. The molecule has 0 radical (unpaired) electrons. The number of aliphatic hydroxyl groups excluding tert-OH is 1. The molecule has 2 heterocycles. The van der Waals surface area contributed by atoms with Crippen LogP contribution in [0.5, 0.6) is 0 Å².